The van der Waals surface area contributed by atoms with Gasteiger partial charge in [0.1, 0.15) is 0 Å². The summed E-state index contributed by atoms with van der Waals surface area (Å²) in [4.78, 5) is 4.95. The van der Waals surface area contributed by atoms with Gasteiger partial charge in [0.05, 0.1) is 0 Å². The summed E-state index contributed by atoms with van der Waals surface area (Å²) in [5.74, 6) is 0.878. The van der Waals surface area contributed by atoms with E-state index in [1.807, 2.05) is 0 Å². The summed E-state index contributed by atoms with van der Waals surface area (Å²) in [5.41, 5.74) is 0. The van der Waals surface area contributed by atoms with E-state index >= 15 is 0 Å². The maximum absolute atomic E-state index is 3.55. The monoisotopic (exact) mass is 241 g/mol. The molecule has 0 saturated carbocycles. The van der Waals surface area contributed by atoms with Gasteiger partial charge in [0.25, 0.3) is 0 Å². The molecule has 0 radical (unpaired) electrons. The normalized spacial score (nSPS) is 23.5. The highest BCUT2D eigenvalue weighted by molar-refractivity contribution is 4.80. The molecule has 0 aromatic carbocycles. The van der Waals surface area contributed by atoms with E-state index in [4.69, 9.17) is 0 Å². The SMILES string of the molecule is CCCNCC1CCN(C(C)CCN(C)C)C1. The first-order valence-corrected chi connectivity index (χ1v) is 7.23. The van der Waals surface area contributed by atoms with Crippen LogP contribution < -0.4 is 5.32 Å². The van der Waals surface area contributed by atoms with Gasteiger partial charge in [-0.25, -0.2) is 0 Å². The van der Waals surface area contributed by atoms with Crippen molar-refractivity contribution >= 4 is 0 Å². The van der Waals surface area contributed by atoms with Crippen molar-refractivity contribution in [2.75, 3.05) is 46.8 Å². The van der Waals surface area contributed by atoms with Crippen molar-refractivity contribution in [2.24, 2.45) is 5.92 Å². The van der Waals surface area contributed by atoms with Crippen molar-refractivity contribution in [2.45, 2.75) is 39.2 Å². The van der Waals surface area contributed by atoms with Crippen molar-refractivity contribution in [1.82, 2.24) is 15.1 Å². The van der Waals surface area contributed by atoms with Crippen LogP contribution in [-0.4, -0.2) is 62.7 Å². The minimum atomic E-state index is 0.744. The molecule has 2 atom stereocenters. The summed E-state index contributed by atoms with van der Waals surface area (Å²) in [6.45, 7) is 10.8. The number of nitrogens with one attached hydrogen (secondary N) is 1. The number of rotatable bonds is 8. The fraction of sp³-hybridized carbons (Fsp3) is 1.00. The lowest BCUT2D eigenvalue weighted by molar-refractivity contribution is 0.220. The Balaban J connectivity index is 2.15. The van der Waals surface area contributed by atoms with E-state index in [1.165, 1.54) is 52.0 Å². The van der Waals surface area contributed by atoms with Gasteiger partial charge in [0.2, 0.25) is 0 Å². The van der Waals surface area contributed by atoms with Crippen LogP contribution in [0.5, 0.6) is 0 Å². The van der Waals surface area contributed by atoms with Crippen LogP contribution in [0, 0.1) is 5.92 Å². The Morgan fingerprint density at radius 3 is 2.82 bits per heavy atom. The topological polar surface area (TPSA) is 18.5 Å². The van der Waals surface area contributed by atoms with Gasteiger partial charge in [-0.3, -0.25) is 0 Å². The molecular weight excluding hydrogens is 210 g/mol. The summed E-state index contributed by atoms with van der Waals surface area (Å²) < 4.78 is 0. The summed E-state index contributed by atoms with van der Waals surface area (Å²) in [6, 6.07) is 0.744. The molecule has 3 heteroatoms. The highest BCUT2D eigenvalue weighted by Gasteiger charge is 2.25. The zero-order chi connectivity index (χ0) is 12.7. The third kappa shape index (κ3) is 5.84. The van der Waals surface area contributed by atoms with Gasteiger partial charge in [-0.05, 0) is 72.4 Å². The zero-order valence-corrected chi connectivity index (χ0v) is 12.2. The van der Waals surface area contributed by atoms with Gasteiger partial charge in [-0.1, -0.05) is 6.92 Å². The summed E-state index contributed by atoms with van der Waals surface area (Å²) in [5, 5.41) is 3.55. The Bertz CT molecular complexity index is 194. The van der Waals surface area contributed by atoms with Crippen LogP contribution in [0.2, 0.25) is 0 Å². The van der Waals surface area contributed by atoms with Crippen molar-refractivity contribution < 1.29 is 0 Å². The van der Waals surface area contributed by atoms with Crippen LogP contribution in [0.4, 0.5) is 0 Å². The van der Waals surface area contributed by atoms with E-state index in [1.54, 1.807) is 0 Å². The van der Waals surface area contributed by atoms with Crippen molar-refractivity contribution in [3.05, 3.63) is 0 Å². The third-order valence-electron chi connectivity index (χ3n) is 3.79. The molecular formula is C14H31N3. The molecule has 0 aromatic rings. The number of hydrogen-bond acceptors (Lipinski definition) is 3. The zero-order valence-electron chi connectivity index (χ0n) is 12.2. The second-order valence-electron chi connectivity index (χ2n) is 5.79. The molecule has 1 rings (SSSR count). The van der Waals surface area contributed by atoms with E-state index in [0.717, 1.165) is 12.0 Å². The Morgan fingerprint density at radius 1 is 1.41 bits per heavy atom. The lowest BCUT2D eigenvalue weighted by Gasteiger charge is -2.25. The first-order chi connectivity index (χ1) is 8.13. The highest BCUT2D eigenvalue weighted by atomic mass is 15.2. The quantitative estimate of drug-likeness (QED) is 0.652. The Labute approximate surface area is 108 Å². The fourth-order valence-electron chi connectivity index (χ4n) is 2.54. The predicted octanol–water partition coefficient (Wildman–Crippen LogP) is 1.65. The third-order valence-corrected chi connectivity index (χ3v) is 3.79. The minimum Gasteiger partial charge on any atom is -0.316 e. The molecule has 1 heterocycles. The molecule has 0 spiro atoms. The molecule has 0 amide bonds. The van der Waals surface area contributed by atoms with Crippen molar-refractivity contribution in [3.8, 4) is 0 Å². The van der Waals surface area contributed by atoms with Crippen LogP contribution >= 0.6 is 0 Å². The van der Waals surface area contributed by atoms with E-state index < -0.39 is 0 Å². The van der Waals surface area contributed by atoms with Crippen LogP contribution in [0.1, 0.15) is 33.1 Å². The smallest absolute Gasteiger partial charge is 0.00792 e. The van der Waals surface area contributed by atoms with Gasteiger partial charge in [-0.2, -0.15) is 0 Å². The second kappa shape index (κ2) is 8.06. The highest BCUT2D eigenvalue weighted by Crippen LogP contribution is 2.19. The molecule has 0 bridgehead atoms. The molecule has 102 valence electrons. The van der Waals surface area contributed by atoms with Gasteiger partial charge in [0, 0.05) is 12.6 Å². The molecule has 1 aliphatic heterocycles. The van der Waals surface area contributed by atoms with Crippen molar-refractivity contribution in [3.63, 3.8) is 0 Å². The van der Waals surface area contributed by atoms with Crippen molar-refractivity contribution in [1.29, 1.82) is 0 Å². The van der Waals surface area contributed by atoms with Gasteiger partial charge in [-0.15, -0.1) is 0 Å². The first-order valence-electron chi connectivity index (χ1n) is 7.23. The van der Waals surface area contributed by atoms with Crippen LogP contribution in [0.15, 0.2) is 0 Å². The van der Waals surface area contributed by atoms with Gasteiger partial charge < -0.3 is 15.1 Å². The van der Waals surface area contributed by atoms with Crippen LogP contribution in [0.25, 0.3) is 0 Å². The van der Waals surface area contributed by atoms with Gasteiger partial charge in [0.15, 0.2) is 0 Å². The van der Waals surface area contributed by atoms with Crippen LogP contribution in [-0.2, 0) is 0 Å². The van der Waals surface area contributed by atoms with E-state index in [0.29, 0.717) is 0 Å². The lowest BCUT2D eigenvalue weighted by Crippen LogP contribution is -2.34. The number of likely N-dealkylation sites (tertiary alicyclic amines) is 1. The molecule has 2 unspecified atom stereocenters. The summed E-state index contributed by atoms with van der Waals surface area (Å²) >= 11 is 0. The molecule has 1 N–H and O–H groups in total. The van der Waals surface area contributed by atoms with Crippen LogP contribution in [0.3, 0.4) is 0 Å². The lowest BCUT2D eigenvalue weighted by atomic mass is 10.1. The van der Waals surface area contributed by atoms with Gasteiger partial charge >= 0.3 is 0 Å². The first kappa shape index (κ1) is 14.9. The average Bonchev–Trinajstić information content (AvgIpc) is 2.75. The maximum atomic E-state index is 3.55. The molecule has 1 fully saturated rings. The van der Waals surface area contributed by atoms with E-state index in [-0.39, 0.29) is 0 Å². The van der Waals surface area contributed by atoms with E-state index in [9.17, 15) is 0 Å². The average molecular weight is 241 g/mol. The number of hydrogen-bond donors (Lipinski definition) is 1. The molecule has 1 saturated heterocycles. The standard InChI is InChI=1S/C14H31N3/c1-5-8-15-11-14-7-10-17(12-14)13(2)6-9-16(3)4/h13-15H,5-12H2,1-4H3. The largest absolute Gasteiger partial charge is 0.316 e. The van der Waals surface area contributed by atoms with E-state index in [2.05, 4.69) is 43.1 Å². The minimum absolute atomic E-state index is 0.744. The molecule has 1 aliphatic rings. The second-order valence-corrected chi connectivity index (χ2v) is 5.79. The molecule has 17 heavy (non-hydrogen) atoms. The summed E-state index contributed by atoms with van der Waals surface area (Å²) in [7, 11) is 4.32. The molecule has 0 aliphatic carbocycles. The predicted molar refractivity (Wildman–Crippen MR) is 75.5 cm³/mol. The fourth-order valence-corrected chi connectivity index (χ4v) is 2.54. The molecule has 3 nitrogen and oxygen atoms in total. The Morgan fingerprint density at radius 2 is 2.18 bits per heavy atom. The Hall–Kier alpha value is -0.120. The Kier molecular flexibility index (Phi) is 7.09. The summed E-state index contributed by atoms with van der Waals surface area (Å²) in [6.07, 6.45) is 3.92. The molecule has 0 aromatic heterocycles. The number of nitrogens with zero attached hydrogens (tertiary/aromatic N) is 2. The maximum Gasteiger partial charge on any atom is 0.00792 e.